The minimum atomic E-state index is -0.482. The molecule has 0 unspecified atom stereocenters. The molecule has 0 fully saturated rings. The fourth-order valence-corrected chi connectivity index (χ4v) is 2.60. The Labute approximate surface area is 154 Å². The van der Waals surface area contributed by atoms with E-state index in [2.05, 4.69) is 49.4 Å². The summed E-state index contributed by atoms with van der Waals surface area (Å²) in [6.45, 7) is 9.28. The topological polar surface area (TPSA) is 111 Å². The fourth-order valence-electron chi connectivity index (χ4n) is 2.60. The number of aromatic nitrogens is 4. The number of nitrogens with zero attached hydrogens (tertiary/aromatic N) is 5. The first-order valence-corrected chi connectivity index (χ1v) is 8.77. The van der Waals surface area contributed by atoms with Crippen LogP contribution in [0.5, 0.6) is 0 Å². The summed E-state index contributed by atoms with van der Waals surface area (Å²) in [6.07, 6.45) is 2.18. The van der Waals surface area contributed by atoms with E-state index in [0.717, 1.165) is 13.0 Å². The lowest BCUT2D eigenvalue weighted by Crippen LogP contribution is -2.33. The number of hydrogen-bond acceptors (Lipinski definition) is 9. The zero-order valence-electron chi connectivity index (χ0n) is 15.9. The van der Waals surface area contributed by atoms with Gasteiger partial charge in [-0.1, -0.05) is 13.0 Å². The van der Waals surface area contributed by atoms with Crippen molar-refractivity contribution >= 4 is 34.6 Å². The predicted octanol–water partition coefficient (Wildman–Crippen LogP) is 1.70. The van der Waals surface area contributed by atoms with Gasteiger partial charge in [-0.15, -0.1) is 6.58 Å². The molecule has 2 aromatic heterocycles. The molecular formula is C17H28N8O. The van der Waals surface area contributed by atoms with Gasteiger partial charge in [0.05, 0.1) is 6.10 Å². The van der Waals surface area contributed by atoms with Crippen LogP contribution in [-0.2, 0) is 0 Å². The van der Waals surface area contributed by atoms with Crippen LogP contribution in [0.2, 0.25) is 0 Å². The SMILES string of the molecule is C=CCNc1nc(NC)c2nc(N(CCC)C[C@H](C)O)nc(NC)c2n1. The second-order valence-electron chi connectivity index (χ2n) is 5.93. The molecule has 0 aliphatic heterocycles. The summed E-state index contributed by atoms with van der Waals surface area (Å²) in [5.41, 5.74) is 1.24. The molecule has 0 saturated carbocycles. The van der Waals surface area contributed by atoms with Gasteiger partial charge in [-0.2, -0.15) is 9.97 Å². The molecule has 0 aromatic carbocycles. The van der Waals surface area contributed by atoms with Crippen LogP contribution in [0, 0.1) is 0 Å². The lowest BCUT2D eigenvalue weighted by atomic mass is 10.3. The van der Waals surface area contributed by atoms with Gasteiger partial charge in [0.1, 0.15) is 11.0 Å². The minimum absolute atomic E-state index is 0.456. The second-order valence-corrected chi connectivity index (χ2v) is 5.93. The van der Waals surface area contributed by atoms with Crippen molar-refractivity contribution in [1.29, 1.82) is 0 Å². The molecule has 0 spiro atoms. The Hall–Kier alpha value is -2.68. The molecule has 0 aliphatic rings. The van der Waals surface area contributed by atoms with Crippen molar-refractivity contribution in [3.63, 3.8) is 0 Å². The fraction of sp³-hybridized carbons (Fsp3) is 0.529. The highest BCUT2D eigenvalue weighted by molar-refractivity contribution is 5.94. The molecule has 26 heavy (non-hydrogen) atoms. The van der Waals surface area contributed by atoms with E-state index in [0.29, 0.717) is 47.7 Å². The molecule has 142 valence electrons. The summed E-state index contributed by atoms with van der Waals surface area (Å²) in [7, 11) is 3.59. The van der Waals surface area contributed by atoms with Gasteiger partial charge in [-0.3, -0.25) is 0 Å². The number of hydrogen-bond donors (Lipinski definition) is 4. The van der Waals surface area contributed by atoms with E-state index in [1.165, 1.54) is 0 Å². The number of aliphatic hydroxyl groups excluding tert-OH is 1. The Balaban J connectivity index is 2.60. The van der Waals surface area contributed by atoms with Gasteiger partial charge < -0.3 is 26.0 Å². The molecule has 0 aliphatic carbocycles. The lowest BCUT2D eigenvalue weighted by Gasteiger charge is -2.24. The molecule has 0 bridgehead atoms. The number of fused-ring (bicyclic) bond motifs is 1. The van der Waals surface area contributed by atoms with Crippen LogP contribution in [0.4, 0.5) is 23.5 Å². The highest BCUT2D eigenvalue weighted by Crippen LogP contribution is 2.27. The van der Waals surface area contributed by atoms with Crippen molar-refractivity contribution < 1.29 is 5.11 Å². The van der Waals surface area contributed by atoms with Crippen LogP contribution < -0.4 is 20.9 Å². The normalized spacial score (nSPS) is 11.9. The van der Waals surface area contributed by atoms with Gasteiger partial charge in [0.25, 0.3) is 0 Å². The third-order valence-electron chi connectivity index (χ3n) is 3.67. The lowest BCUT2D eigenvalue weighted by molar-refractivity contribution is 0.199. The number of nitrogens with one attached hydrogen (secondary N) is 3. The highest BCUT2D eigenvalue weighted by Gasteiger charge is 2.18. The molecule has 0 amide bonds. The molecule has 2 heterocycles. The molecule has 0 saturated heterocycles. The summed E-state index contributed by atoms with van der Waals surface area (Å²) in [4.78, 5) is 20.3. The van der Waals surface area contributed by atoms with Crippen LogP contribution in [-0.4, -0.2) is 64.9 Å². The Morgan fingerprint density at radius 2 is 1.77 bits per heavy atom. The molecule has 0 radical (unpaired) electrons. The molecule has 1 atom stereocenters. The first-order valence-electron chi connectivity index (χ1n) is 8.77. The van der Waals surface area contributed by atoms with E-state index in [1.54, 1.807) is 27.1 Å². The van der Waals surface area contributed by atoms with Gasteiger partial charge in [0.15, 0.2) is 11.6 Å². The molecule has 2 aromatic rings. The van der Waals surface area contributed by atoms with Crippen molar-refractivity contribution in [3.8, 4) is 0 Å². The molecule has 9 heteroatoms. The van der Waals surface area contributed by atoms with Crippen LogP contribution in [0.15, 0.2) is 12.7 Å². The van der Waals surface area contributed by atoms with Gasteiger partial charge in [0, 0.05) is 33.7 Å². The summed E-state index contributed by atoms with van der Waals surface area (Å²) in [5.74, 6) is 2.23. The second kappa shape index (κ2) is 9.14. The zero-order chi connectivity index (χ0) is 19.1. The first-order chi connectivity index (χ1) is 12.5. The Kier molecular flexibility index (Phi) is 6.90. The van der Waals surface area contributed by atoms with Crippen molar-refractivity contribution in [3.05, 3.63) is 12.7 Å². The maximum Gasteiger partial charge on any atom is 0.228 e. The maximum atomic E-state index is 9.80. The van der Waals surface area contributed by atoms with Crippen LogP contribution in [0.3, 0.4) is 0 Å². The van der Waals surface area contributed by atoms with E-state index < -0.39 is 6.10 Å². The average molecular weight is 360 g/mol. The Bertz CT molecular complexity index is 749. The summed E-state index contributed by atoms with van der Waals surface area (Å²) >= 11 is 0. The summed E-state index contributed by atoms with van der Waals surface area (Å²) < 4.78 is 0. The van der Waals surface area contributed by atoms with Crippen LogP contribution >= 0.6 is 0 Å². The molecule has 2 rings (SSSR count). The van der Waals surface area contributed by atoms with Crippen LogP contribution in [0.25, 0.3) is 11.0 Å². The highest BCUT2D eigenvalue weighted by atomic mass is 16.3. The van der Waals surface area contributed by atoms with Gasteiger partial charge in [-0.05, 0) is 13.3 Å². The predicted molar refractivity (Wildman–Crippen MR) is 107 cm³/mol. The monoisotopic (exact) mass is 360 g/mol. The third-order valence-corrected chi connectivity index (χ3v) is 3.67. The van der Waals surface area contributed by atoms with Crippen molar-refractivity contribution in [1.82, 2.24) is 19.9 Å². The number of rotatable bonds is 10. The van der Waals surface area contributed by atoms with Gasteiger partial charge >= 0.3 is 0 Å². The number of aliphatic hydroxyl groups is 1. The Morgan fingerprint density at radius 1 is 1.12 bits per heavy atom. The molecule has 9 nitrogen and oxygen atoms in total. The van der Waals surface area contributed by atoms with Gasteiger partial charge in [-0.25, -0.2) is 9.97 Å². The largest absolute Gasteiger partial charge is 0.392 e. The average Bonchev–Trinajstić information content (AvgIpc) is 2.64. The summed E-state index contributed by atoms with van der Waals surface area (Å²) in [6, 6.07) is 0. The minimum Gasteiger partial charge on any atom is -0.392 e. The quantitative estimate of drug-likeness (QED) is 0.470. The van der Waals surface area contributed by atoms with Crippen molar-refractivity contribution in [2.24, 2.45) is 0 Å². The first kappa shape index (κ1) is 19.6. The molecule has 4 N–H and O–H groups in total. The van der Waals surface area contributed by atoms with Crippen molar-refractivity contribution in [2.75, 3.05) is 54.6 Å². The third kappa shape index (κ3) is 4.48. The van der Waals surface area contributed by atoms with Crippen LogP contribution in [0.1, 0.15) is 20.3 Å². The smallest absolute Gasteiger partial charge is 0.228 e. The van der Waals surface area contributed by atoms with E-state index in [9.17, 15) is 5.11 Å². The van der Waals surface area contributed by atoms with Crippen molar-refractivity contribution in [2.45, 2.75) is 26.4 Å². The van der Waals surface area contributed by atoms with E-state index in [4.69, 9.17) is 0 Å². The van der Waals surface area contributed by atoms with E-state index >= 15 is 0 Å². The molecular weight excluding hydrogens is 332 g/mol. The van der Waals surface area contributed by atoms with Gasteiger partial charge in [0.2, 0.25) is 11.9 Å². The standard InChI is InChI=1S/C17H28N8O/c1-6-8-20-16-21-12-13(14(18-4)23-16)22-17(24-15(12)19-5)25(9-7-2)10-11(3)26/h6,11,26H,1,7-10H2,2-5H3,(H,19,22,24)(H2,18,20,21,23)/t11-/m0/s1. The summed E-state index contributed by atoms with van der Waals surface area (Å²) in [5, 5.41) is 19.1. The zero-order valence-corrected chi connectivity index (χ0v) is 15.9. The Morgan fingerprint density at radius 3 is 2.35 bits per heavy atom. The maximum absolute atomic E-state index is 9.80. The number of anilines is 4. The van der Waals surface area contributed by atoms with E-state index in [1.807, 2.05) is 4.90 Å². The van der Waals surface area contributed by atoms with E-state index in [-0.39, 0.29) is 0 Å².